The SMILES string of the molecule is Cc1cc(C)c2ncc3c(=O)n(-c4ccc(C(=O)O)cc4)[nH]c3c2c1. The van der Waals surface area contributed by atoms with Gasteiger partial charge in [-0.25, -0.2) is 9.48 Å². The first-order valence-electron chi connectivity index (χ1n) is 7.80. The molecule has 0 aliphatic heterocycles. The smallest absolute Gasteiger partial charge is 0.335 e. The van der Waals surface area contributed by atoms with Crippen molar-refractivity contribution in [1.82, 2.24) is 14.8 Å². The van der Waals surface area contributed by atoms with E-state index in [1.165, 1.54) is 16.8 Å². The number of rotatable bonds is 2. The van der Waals surface area contributed by atoms with Gasteiger partial charge in [-0.05, 0) is 49.7 Å². The van der Waals surface area contributed by atoms with Crippen LogP contribution in [0, 0.1) is 13.8 Å². The fourth-order valence-corrected chi connectivity index (χ4v) is 3.16. The zero-order chi connectivity index (χ0) is 17.7. The van der Waals surface area contributed by atoms with Crippen LogP contribution in [0.25, 0.3) is 27.5 Å². The zero-order valence-electron chi connectivity index (χ0n) is 13.7. The molecule has 6 nitrogen and oxygen atoms in total. The summed E-state index contributed by atoms with van der Waals surface area (Å²) in [5.74, 6) is -1.00. The molecule has 25 heavy (non-hydrogen) atoms. The molecule has 2 aromatic heterocycles. The monoisotopic (exact) mass is 333 g/mol. The van der Waals surface area contributed by atoms with Crippen LogP contribution in [0.1, 0.15) is 21.5 Å². The van der Waals surface area contributed by atoms with Crippen molar-refractivity contribution < 1.29 is 9.90 Å². The number of aryl methyl sites for hydroxylation is 2. The number of aromatic amines is 1. The molecule has 0 saturated carbocycles. The van der Waals surface area contributed by atoms with Gasteiger partial charge in [0.2, 0.25) is 0 Å². The molecule has 6 heteroatoms. The average Bonchev–Trinajstić information content (AvgIpc) is 2.92. The number of benzene rings is 2. The van der Waals surface area contributed by atoms with Crippen molar-refractivity contribution in [3.8, 4) is 5.69 Å². The van der Waals surface area contributed by atoms with E-state index in [0.29, 0.717) is 11.1 Å². The molecule has 0 fully saturated rings. The quantitative estimate of drug-likeness (QED) is 0.590. The Morgan fingerprint density at radius 1 is 1.12 bits per heavy atom. The number of carbonyl (C=O) groups is 1. The lowest BCUT2D eigenvalue weighted by atomic mass is 10.1. The number of pyridine rings is 1. The second-order valence-corrected chi connectivity index (χ2v) is 6.13. The van der Waals surface area contributed by atoms with Gasteiger partial charge in [-0.1, -0.05) is 11.6 Å². The molecule has 2 aromatic carbocycles. The fourth-order valence-electron chi connectivity index (χ4n) is 3.16. The van der Waals surface area contributed by atoms with Gasteiger partial charge >= 0.3 is 5.97 Å². The number of hydrogen-bond acceptors (Lipinski definition) is 3. The molecule has 124 valence electrons. The number of aromatic carboxylic acids is 1. The largest absolute Gasteiger partial charge is 0.478 e. The maximum Gasteiger partial charge on any atom is 0.335 e. The van der Waals surface area contributed by atoms with E-state index in [9.17, 15) is 9.59 Å². The van der Waals surface area contributed by atoms with Crippen LogP contribution >= 0.6 is 0 Å². The maximum absolute atomic E-state index is 12.7. The second-order valence-electron chi connectivity index (χ2n) is 6.13. The highest BCUT2D eigenvalue weighted by atomic mass is 16.4. The molecule has 0 atom stereocenters. The number of nitrogens with one attached hydrogen (secondary N) is 1. The molecule has 0 spiro atoms. The lowest BCUT2D eigenvalue weighted by Gasteiger charge is -2.04. The van der Waals surface area contributed by atoms with E-state index < -0.39 is 5.97 Å². The summed E-state index contributed by atoms with van der Waals surface area (Å²) in [7, 11) is 0. The Hall–Kier alpha value is -3.41. The second kappa shape index (κ2) is 5.31. The zero-order valence-corrected chi connectivity index (χ0v) is 13.7. The van der Waals surface area contributed by atoms with Gasteiger partial charge in [0.1, 0.15) is 0 Å². The molecular formula is C19H15N3O3. The molecule has 4 rings (SSSR count). The first-order chi connectivity index (χ1) is 12.0. The molecule has 2 N–H and O–H groups in total. The van der Waals surface area contributed by atoms with Crippen LogP contribution in [0.15, 0.2) is 47.4 Å². The predicted octanol–water partition coefficient (Wildman–Crippen LogP) is 3.18. The minimum atomic E-state index is -1.00. The highest BCUT2D eigenvalue weighted by Gasteiger charge is 2.13. The van der Waals surface area contributed by atoms with E-state index in [2.05, 4.69) is 16.1 Å². The van der Waals surface area contributed by atoms with Crippen molar-refractivity contribution in [3.05, 3.63) is 69.6 Å². The van der Waals surface area contributed by atoms with Crippen molar-refractivity contribution in [2.75, 3.05) is 0 Å². The molecule has 4 aromatic rings. The maximum atomic E-state index is 12.7. The van der Waals surface area contributed by atoms with Gasteiger partial charge in [-0.2, -0.15) is 0 Å². The van der Waals surface area contributed by atoms with Crippen molar-refractivity contribution in [3.63, 3.8) is 0 Å². The molecule has 0 aliphatic rings. The van der Waals surface area contributed by atoms with Gasteiger partial charge in [0.25, 0.3) is 5.56 Å². The van der Waals surface area contributed by atoms with Crippen LogP contribution in [-0.4, -0.2) is 25.8 Å². The Bertz CT molecular complexity index is 1200. The molecule has 0 amide bonds. The Balaban J connectivity index is 2.00. The van der Waals surface area contributed by atoms with Crippen LogP contribution in [0.4, 0.5) is 0 Å². The van der Waals surface area contributed by atoms with Crippen molar-refractivity contribution >= 4 is 27.8 Å². The number of carboxylic acids is 1. The van der Waals surface area contributed by atoms with Crippen LogP contribution in [0.5, 0.6) is 0 Å². The van der Waals surface area contributed by atoms with Crippen LogP contribution in [-0.2, 0) is 0 Å². The molecule has 0 radical (unpaired) electrons. The number of H-pyrrole nitrogens is 1. The summed E-state index contributed by atoms with van der Waals surface area (Å²) in [5, 5.41) is 13.5. The molecule has 0 saturated heterocycles. The molecule has 0 aliphatic carbocycles. The first kappa shape index (κ1) is 15.1. The lowest BCUT2D eigenvalue weighted by molar-refractivity contribution is 0.0697. The number of fused-ring (bicyclic) bond motifs is 3. The summed E-state index contributed by atoms with van der Waals surface area (Å²) in [4.78, 5) is 28.2. The summed E-state index contributed by atoms with van der Waals surface area (Å²) >= 11 is 0. The lowest BCUT2D eigenvalue weighted by Crippen LogP contribution is -2.14. The third-order valence-corrected chi connectivity index (χ3v) is 4.34. The summed E-state index contributed by atoms with van der Waals surface area (Å²) in [5.41, 5.74) is 4.26. The topological polar surface area (TPSA) is 88.0 Å². The van der Waals surface area contributed by atoms with Gasteiger partial charge in [0.15, 0.2) is 0 Å². The van der Waals surface area contributed by atoms with E-state index in [-0.39, 0.29) is 11.1 Å². The van der Waals surface area contributed by atoms with E-state index in [1.807, 2.05) is 19.9 Å². The third-order valence-electron chi connectivity index (χ3n) is 4.34. The minimum Gasteiger partial charge on any atom is -0.478 e. The first-order valence-corrected chi connectivity index (χ1v) is 7.80. The normalized spacial score (nSPS) is 11.3. The Kier molecular flexibility index (Phi) is 3.21. The number of nitrogens with zero attached hydrogens (tertiary/aromatic N) is 2. The number of carboxylic acid groups (broad SMARTS) is 1. The molecular weight excluding hydrogens is 318 g/mol. The summed E-state index contributed by atoms with van der Waals surface area (Å²) in [6, 6.07) is 10.2. The highest BCUT2D eigenvalue weighted by molar-refractivity contribution is 6.04. The number of aromatic nitrogens is 3. The van der Waals surface area contributed by atoms with Gasteiger partial charge in [-0.15, -0.1) is 0 Å². The molecule has 0 unspecified atom stereocenters. The van der Waals surface area contributed by atoms with Crippen LogP contribution in [0.3, 0.4) is 0 Å². The fraction of sp³-hybridized carbons (Fsp3) is 0.105. The summed E-state index contributed by atoms with van der Waals surface area (Å²) < 4.78 is 1.41. The third kappa shape index (κ3) is 2.30. The molecule has 0 bridgehead atoms. The van der Waals surface area contributed by atoms with Gasteiger partial charge < -0.3 is 5.11 Å². The van der Waals surface area contributed by atoms with E-state index in [4.69, 9.17) is 5.11 Å². The summed E-state index contributed by atoms with van der Waals surface area (Å²) in [6.07, 6.45) is 1.58. The average molecular weight is 333 g/mol. The highest BCUT2D eigenvalue weighted by Crippen LogP contribution is 2.24. The molecule has 2 heterocycles. The van der Waals surface area contributed by atoms with Crippen molar-refractivity contribution in [1.29, 1.82) is 0 Å². The number of hydrogen-bond donors (Lipinski definition) is 2. The van der Waals surface area contributed by atoms with Gasteiger partial charge in [-0.3, -0.25) is 14.9 Å². The predicted molar refractivity (Wildman–Crippen MR) is 95.6 cm³/mol. The Morgan fingerprint density at radius 2 is 1.84 bits per heavy atom. The van der Waals surface area contributed by atoms with Crippen LogP contribution in [0.2, 0.25) is 0 Å². The van der Waals surface area contributed by atoms with Crippen molar-refractivity contribution in [2.24, 2.45) is 0 Å². The Labute approximate surface area is 142 Å². The van der Waals surface area contributed by atoms with E-state index in [0.717, 1.165) is 27.5 Å². The van der Waals surface area contributed by atoms with E-state index in [1.54, 1.807) is 18.3 Å². The van der Waals surface area contributed by atoms with Crippen molar-refractivity contribution in [2.45, 2.75) is 13.8 Å². The van der Waals surface area contributed by atoms with E-state index >= 15 is 0 Å². The summed E-state index contributed by atoms with van der Waals surface area (Å²) in [6.45, 7) is 4.00. The van der Waals surface area contributed by atoms with Crippen LogP contribution < -0.4 is 5.56 Å². The van der Waals surface area contributed by atoms with Gasteiger partial charge in [0, 0.05) is 11.6 Å². The van der Waals surface area contributed by atoms with Gasteiger partial charge in [0.05, 0.1) is 27.7 Å². The minimum absolute atomic E-state index is 0.172. The Morgan fingerprint density at radius 3 is 2.52 bits per heavy atom. The standard InChI is InChI=1S/C19H15N3O3/c1-10-7-11(2)16-14(8-10)17-15(9-20-16)18(23)22(21-17)13-5-3-12(4-6-13)19(24)25/h3-9,21H,1-2H3,(H,24,25).